The van der Waals surface area contributed by atoms with Crippen LogP contribution in [0.1, 0.15) is 103 Å². The monoisotopic (exact) mass is 480 g/mol. The van der Waals surface area contributed by atoms with Crippen molar-refractivity contribution in [2.45, 2.75) is 94.4 Å². The summed E-state index contributed by atoms with van der Waals surface area (Å²) in [5.74, 6) is 0.805. The number of hydrogen-bond donors (Lipinski definition) is 0. The van der Waals surface area contributed by atoms with Crippen LogP contribution in [-0.4, -0.2) is 0 Å². The van der Waals surface area contributed by atoms with Gasteiger partial charge in [0, 0.05) is 10.8 Å². The first kappa shape index (κ1) is 26.7. The third kappa shape index (κ3) is 3.06. The van der Waals surface area contributed by atoms with E-state index >= 15 is 0 Å². The number of allylic oxidation sites excluding steroid dienone is 8. The first-order valence-corrected chi connectivity index (χ1v) is 13.8. The highest BCUT2D eigenvalue weighted by molar-refractivity contribution is 5.88. The van der Waals surface area contributed by atoms with Gasteiger partial charge in [0.2, 0.25) is 0 Å². The van der Waals surface area contributed by atoms with E-state index in [-0.39, 0.29) is 16.2 Å². The van der Waals surface area contributed by atoms with Crippen LogP contribution < -0.4 is 0 Å². The summed E-state index contributed by atoms with van der Waals surface area (Å²) in [6.45, 7) is 42.3. The van der Waals surface area contributed by atoms with Crippen molar-refractivity contribution in [2.24, 2.45) is 22.2 Å². The third-order valence-corrected chi connectivity index (χ3v) is 11.4. The lowest BCUT2D eigenvalue weighted by Crippen LogP contribution is -2.59. The Balaban J connectivity index is 2.16. The van der Waals surface area contributed by atoms with Crippen LogP contribution in [0, 0.1) is 36.0 Å². The average molecular weight is 481 g/mol. The van der Waals surface area contributed by atoms with Crippen LogP contribution in [0.25, 0.3) is 5.57 Å². The molecule has 0 fully saturated rings. The van der Waals surface area contributed by atoms with Crippen molar-refractivity contribution < 1.29 is 0 Å². The molecule has 5 atom stereocenters. The van der Waals surface area contributed by atoms with Gasteiger partial charge in [-0.05, 0) is 116 Å². The number of benzene rings is 1. The SMILES string of the molecule is C=C(CC)C[C@@H]1[C@]2(C)C(=C(C)[C@@]3(C)C(=C)C(C(=C)C)=C(C)C[C@@]13C)C(=C)c1c(ccc(C)c1C)[C@H]2C. The van der Waals surface area contributed by atoms with E-state index < -0.39 is 0 Å². The van der Waals surface area contributed by atoms with Crippen molar-refractivity contribution in [1.29, 1.82) is 0 Å². The van der Waals surface area contributed by atoms with Crippen LogP contribution in [-0.2, 0) is 0 Å². The van der Waals surface area contributed by atoms with E-state index in [0.29, 0.717) is 11.8 Å². The lowest BCUT2D eigenvalue weighted by Gasteiger charge is -2.67. The van der Waals surface area contributed by atoms with Gasteiger partial charge in [-0.3, -0.25) is 0 Å². The molecule has 0 saturated heterocycles. The van der Waals surface area contributed by atoms with Gasteiger partial charge in [0.25, 0.3) is 0 Å². The molecule has 1 aromatic rings. The summed E-state index contributed by atoms with van der Waals surface area (Å²) in [5.41, 5.74) is 16.0. The van der Waals surface area contributed by atoms with Crippen LogP contribution >= 0.6 is 0 Å². The molecule has 0 heterocycles. The predicted octanol–water partition coefficient (Wildman–Crippen LogP) is 10.6. The Morgan fingerprint density at radius 3 is 2.19 bits per heavy atom. The quantitative estimate of drug-likeness (QED) is 0.376. The van der Waals surface area contributed by atoms with E-state index in [4.69, 9.17) is 13.2 Å². The topological polar surface area (TPSA) is 0 Å². The molecule has 0 radical (unpaired) electrons. The number of aryl methyl sites for hydroxylation is 1. The second-order valence-corrected chi connectivity index (χ2v) is 12.9. The largest absolute Gasteiger partial charge is 0.0999 e. The van der Waals surface area contributed by atoms with E-state index in [1.165, 1.54) is 61.3 Å². The molecule has 36 heavy (non-hydrogen) atoms. The van der Waals surface area contributed by atoms with Crippen molar-refractivity contribution >= 4 is 5.57 Å². The van der Waals surface area contributed by atoms with Crippen LogP contribution in [0.4, 0.5) is 0 Å². The van der Waals surface area contributed by atoms with E-state index in [9.17, 15) is 0 Å². The Labute approximate surface area is 221 Å². The first-order chi connectivity index (χ1) is 16.6. The van der Waals surface area contributed by atoms with Gasteiger partial charge in [0.1, 0.15) is 0 Å². The summed E-state index contributed by atoms with van der Waals surface area (Å²) in [6.07, 6.45) is 3.12. The fraction of sp³-hybridized carbons (Fsp3) is 0.500. The molecule has 0 saturated carbocycles. The van der Waals surface area contributed by atoms with Crippen LogP contribution in [0.3, 0.4) is 0 Å². The lowest BCUT2D eigenvalue weighted by molar-refractivity contribution is -0.0370. The van der Waals surface area contributed by atoms with Crippen LogP contribution in [0.15, 0.2) is 77.5 Å². The van der Waals surface area contributed by atoms with Crippen molar-refractivity contribution in [2.75, 3.05) is 0 Å². The third-order valence-electron chi connectivity index (χ3n) is 11.4. The molecule has 0 aromatic heterocycles. The Bertz CT molecular complexity index is 1290. The van der Waals surface area contributed by atoms with Gasteiger partial charge in [0.15, 0.2) is 0 Å². The van der Waals surface area contributed by atoms with Crippen LogP contribution in [0.2, 0.25) is 0 Å². The highest BCUT2D eigenvalue weighted by Crippen LogP contribution is 2.75. The molecule has 4 rings (SSSR count). The van der Waals surface area contributed by atoms with Gasteiger partial charge in [-0.15, -0.1) is 0 Å². The maximum absolute atomic E-state index is 4.85. The molecule has 1 aromatic carbocycles. The fourth-order valence-electron chi connectivity index (χ4n) is 8.89. The first-order valence-electron chi connectivity index (χ1n) is 13.8. The van der Waals surface area contributed by atoms with E-state index in [1.807, 2.05) is 0 Å². The Kier molecular flexibility index (Phi) is 6.19. The molecule has 0 nitrogen and oxygen atoms in total. The highest BCUT2D eigenvalue weighted by Gasteiger charge is 2.66. The van der Waals surface area contributed by atoms with Gasteiger partial charge in [-0.25, -0.2) is 0 Å². The number of rotatable bonds is 4. The Hall–Kier alpha value is -2.34. The molecular formula is C36H48. The molecule has 0 heteroatoms. The number of hydrogen-bond acceptors (Lipinski definition) is 0. The van der Waals surface area contributed by atoms with E-state index in [2.05, 4.69) is 94.5 Å². The lowest BCUT2D eigenvalue weighted by atomic mass is 9.36. The van der Waals surface area contributed by atoms with Gasteiger partial charge >= 0.3 is 0 Å². The summed E-state index contributed by atoms with van der Waals surface area (Å²) in [5, 5.41) is 0. The van der Waals surface area contributed by atoms with E-state index in [1.54, 1.807) is 0 Å². The Morgan fingerprint density at radius 1 is 1.03 bits per heavy atom. The predicted molar refractivity (Wildman–Crippen MR) is 159 cm³/mol. The molecule has 0 unspecified atom stereocenters. The van der Waals surface area contributed by atoms with Crippen molar-refractivity contribution in [3.63, 3.8) is 0 Å². The zero-order valence-corrected chi connectivity index (χ0v) is 24.8. The minimum atomic E-state index is -0.174. The summed E-state index contributed by atoms with van der Waals surface area (Å²) in [7, 11) is 0. The number of fused-ring (bicyclic) bond motifs is 3. The second-order valence-electron chi connectivity index (χ2n) is 12.9. The van der Waals surface area contributed by atoms with Crippen LogP contribution in [0.5, 0.6) is 0 Å². The fourth-order valence-corrected chi connectivity index (χ4v) is 8.89. The average Bonchev–Trinajstić information content (AvgIpc) is 2.79. The smallest absolute Gasteiger partial charge is 0.0197 e. The maximum Gasteiger partial charge on any atom is 0.0197 e. The maximum atomic E-state index is 4.85. The summed E-state index contributed by atoms with van der Waals surface area (Å²) in [6, 6.07) is 4.70. The molecule has 0 amide bonds. The molecular weight excluding hydrogens is 432 g/mol. The van der Waals surface area contributed by atoms with Gasteiger partial charge < -0.3 is 0 Å². The van der Waals surface area contributed by atoms with Gasteiger partial charge in [-0.2, -0.15) is 0 Å². The second kappa shape index (κ2) is 8.34. The summed E-state index contributed by atoms with van der Waals surface area (Å²) >= 11 is 0. The van der Waals surface area contributed by atoms with Crippen molar-refractivity contribution in [3.05, 3.63) is 99.7 Å². The minimum Gasteiger partial charge on any atom is -0.0999 e. The normalized spacial score (nSPS) is 33.8. The molecule has 0 N–H and O–H groups in total. The molecule has 0 spiro atoms. The van der Waals surface area contributed by atoms with Crippen molar-refractivity contribution in [1.82, 2.24) is 0 Å². The molecule has 0 aliphatic heterocycles. The molecule has 0 bridgehead atoms. The van der Waals surface area contributed by atoms with Gasteiger partial charge in [-0.1, -0.05) is 95.4 Å². The molecule has 3 aliphatic rings. The van der Waals surface area contributed by atoms with Crippen molar-refractivity contribution in [3.8, 4) is 0 Å². The molecule has 3 aliphatic carbocycles. The Morgan fingerprint density at radius 2 is 1.64 bits per heavy atom. The van der Waals surface area contributed by atoms with E-state index in [0.717, 1.165) is 24.8 Å². The summed E-state index contributed by atoms with van der Waals surface area (Å²) in [4.78, 5) is 0. The minimum absolute atomic E-state index is 0.0132. The standard InChI is InChI=1S/C36H48/c1-15-21(4)18-30-34(12)19-23(6)31(20(2)3)27(10)36(34,14)28(11)33-25(8)32-24(7)22(5)16-17-29(32)26(9)35(30,33)13/h16-17,26,30H,2,4,8,10,15,18-19H2,1,3,5-7,9,11-14H3/t26-,30+,34+,35-,36-/m1/s1. The molecule has 192 valence electrons. The van der Waals surface area contributed by atoms with Gasteiger partial charge in [0.05, 0.1) is 0 Å². The zero-order valence-electron chi connectivity index (χ0n) is 24.8. The zero-order chi connectivity index (χ0) is 27.1. The summed E-state index contributed by atoms with van der Waals surface area (Å²) < 4.78 is 0. The highest BCUT2D eigenvalue weighted by atomic mass is 14.7.